The van der Waals surface area contributed by atoms with Gasteiger partial charge in [0, 0.05) is 16.8 Å². The maximum Gasteiger partial charge on any atom is 0.242 e. The average Bonchev–Trinajstić information content (AvgIpc) is 2.36. The molecule has 1 aliphatic carbocycles. The number of benzene rings is 1. The second-order valence-corrected chi connectivity index (χ2v) is 9.13. The van der Waals surface area contributed by atoms with E-state index in [1.54, 1.807) is 0 Å². The summed E-state index contributed by atoms with van der Waals surface area (Å²) in [5.41, 5.74) is 6.04. The molecule has 118 valence electrons. The molecule has 0 heterocycles. The highest BCUT2D eigenvalue weighted by Gasteiger charge is 2.35. The molecular weight excluding hydrogens is 376 g/mol. The Kier molecular flexibility index (Phi) is 4.93. The molecule has 1 unspecified atom stereocenters. The van der Waals surface area contributed by atoms with Crippen LogP contribution in [-0.4, -0.2) is 14.5 Å². The van der Waals surface area contributed by atoms with Crippen LogP contribution >= 0.6 is 27.5 Å². The molecule has 0 bridgehead atoms. The van der Waals surface area contributed by atoms with E-state index in [4.69, 9.17) is 17.3 Å². The van der Waals surface area contributed by atoms with Crippen LogP contribution in [0.25, 0.3) is 0 Å². The minimum atomic E-state index is -3.67. The molecule has 1 aromatic rings. The van der Waals surface area contributed by atoms with Gasteiger partial charge in [-0.2, -0.15) is 0 Å². The maximum atomic E-state index is 12.7. The Morgan fingerprint density at radius 3 is 2.67 bits per heavy atom. The van der Waals surface area contributed by atoms with Crippen molar-refractivity contribution in [3.63, 3.8) is 0 Å². The van der Waals surface area contributed by atoms with Gasteiger partial charge in [-0.3, -0.25) is 0 Å². The topological polar surface area (TPSA) is 72.2 Å². The Labute approximate surface area is 139 Å². The molecule has 0 saturated heterocycles. The molecular formula is C14H20BrClN2O2S. The zero-order valence-corrected chi connectivity index (χ0v) is 15.3. The van der Waals surface area contributed by atoms with Crippen molar-refractivity contribution >= 4 is 43.2 Å². The number of nitrogens with one attached hydrogen (secondary N) is 1. The summed E-state index contributed by atoms with van der Waals surface area (Å²) in [6, 6.07) is 2.86. The van der Waals surface area contributed by atoms with E-state index >= 15 is 0 Å². The summed E-state index contributed by atoms with van der Waals surface area (Å²) in [5.74, 6) is 0. The van der Waals surface area contributed by atoms with Crippen molar-refractivity contribution in [3.8, 4) is 0 Å². The third kappa shape index (κ3) is 3.73. The van der Waals surface area contributed by atoms with Crippen LogP contribution in [0, 0.1) is 5.41 Å². The van der Waals surface area contributed by atoms with Gasteiger partial charge < -0.3 is 5.73 Å². The van der Waals surface area contributed by atoms with Gasteiger partial charge >= 0.3 is 0 Å². The van der Waals surface area contributed by atoms with Crippen molar-refractivity contribution in [1.82, 2.24) is 4.72 Å². The third-order valence-electron chi connectivity index (χ3n) is 4.13. The monoisotopic (exact) mass is 394 g/mol. The first-order valence-electron chi connectivity index (χ1n) is 6.90. The van der Waals surface area contributed by atoms with E-state index in [-0.39, 0.29) is 16.4 Å². The van der Waals surface area contributed by atoms with E-state index < -0.39 is 10.0 Å². The Hall–Kier alpha value is -0.300. The van der Waals surface area contributed by atoms with E-state index in [9.17, 15) is 8.42 Å². The van der Waals surface area contributed by atoms with Crippen molar-refractivity contribution < 1.29 is 8.42 Å². The Morgan fingerprint density at radius 2 is 2.05 bits per heavy atom. The van der Waals surface area contributed by atoms with Crippen LogP contribution in [0.3, 0.4) is 0 Å². The van der Waals surface area contributed by atoms with Crippen molar-refractivity contribution in [1.29, 1.82) is 0 Å². The second-order valence-electron chi connectivity index (χ2n) is 6.22. The summed E-state index contributed by atoms with van der Waals surface area (Å²) in [6.07, 6.45) is 4.04. The molecule has 0 amide bonds. The predicted molar refractivity (Wildman–Crippen MR) is 89.9 cm³/mol. The molecule has 0 aromatic heterocycles. The number of rotatable bonds is 3. The van der Waals surface area contributed by atoms with Crippen LogP contribution in [-0.2, 0) is 10.0 Å². The van der Waals surface area contributed by atoms with E-state index in [1.165, 1.54) is 12.1 Å². The fourth-order valence-electron chi connectivity index (χ4n) is 2.74. The van der Waals surface area contributed by atoms with Crippen molar-refractivity contribution in [3.05, 3.63) is 21.6 Å². The van der Waals surface area contributed by atoms with Gasteiger partial charge in [-0.05, 0) is 46.3 Å². The van der Waals surface area contributed by atoms with Crippen molar-refractivity contribution in [2.24, 2.45) is 5.41 Å². The largest absolute Gasteiger partial charge is 0.398 e. The van der Waals surface area contributed by atoms with Crippen LogP contribution in [0.5, 0.6) is 0 Å². The molecule has 0 radical (unpaired) electrons. The zero-order valence-electron chi connectivity index (χ0n) is 12.1. The number of sulfonamides is 1. The van der Waals surface area contributed by atoms with Crippen LogP contribution in [0.4, 0.5) is 5.69 Å². The number of nitrogens with two attached hydrogens (primary N) is 1. The van der Waals surface area contributed by atoms with Gasteiger partial charge in [0.05, 0.1) is 9.37 Å². The van der Waals surface area contributed by atoms with Crippen LogP contribution in [0.1, 0.15) is 39.5 Å². The fourth-order valence-corrected chi connectivity index (χ4v) is 5.48. The molecule has 3 N–H and O–H groups in total. The Morgan fingerprint density at radius 1 is 1.38 bits per heavy atom. The number of anilines is 1. The molecule has 1 atom stereocenters. The Bertz CT molecular complexity index is 647. The molecule has 1 aliphatic rings. The van der Waals surface area contributed by atoms with Gasteiger partial charge in [0.2, 0.25) is 10.0 Å². The maximum absolute atomic E-state index is 12.7. The van der Waals surface area contributed by atoms with E-state index in [0.29, 0.717) is 15.2 Å². The average molecular weight is 396 g/mol. The lowest BCUT2D eigenvalue weighted by Gasteiger charge is -2.38. The number of halogens is 2. The summed E-state index contributed by atoms with van der Waals surface area (Å²) in [4.78, 5) is 0.0915. The van der Waals surface area contributed by atoms with Gasteiger partial charge in [-0.1, -0.05) is 38.3 Å². The summed E-state index contributed by atoms with van der Waals surface area (Å²) in [7, 11) is -3.67. The third-order valence-corrected chi connectivity index (χ3v) is 6.99. The molecule has 0 aliphatic heterocycles. The highest BCUT2D eigenvalue weighted by Crippen LogP contribution is 2.37. The highest BCUT2D eigenvalue weighted by molar-refractivity contribution is 9.10. The fraction of sp³-hybridized carbons (Fsp3) is 0.571. The molecule has 2 rings (SSSR count). The Balaban J connectivity index is 2.35. The van der Waals surface area contributed by atoms with Crippen molar-refractivity contribution in [2.45, 2.75) is 50.5 Å². The van der Waals surface area contributed by atoms with Gasteiger partial charge in [0.1, 0.15) is 0 Å². The lowest BCUT2D eigenvalue weighted by Crippen LogP contribution is -2.46. The lowest BCUT2D eigenvalue weighted by atomic mass is 9.74. The standard InChI is InChI=1S/C14H20BrClN2O2S/c1-14(2)6-4-3-5-12(14)18-21(19,20)11-8-9(16)7-10(17)13(11)15/h7-8,12,18H,3-6,17H2,1-2H3. The van der Waals surface area contributed by atoms with Gasteiger partial charge in [-0.25, -0.2) is 13.1 Å². The molecule has 1 saturated carbocycles. The SMILES string of the molecule is CC1(C)CCCCC1NS(=O)(=O)c1cc(Cl)cc(N)c1Br. The normalized spacial score (nSPS) is 22.2. The van der Waals surface area contributed by atoms with E-state index in [1.807, 2.05) is 0 Å². The van der Waals surface area contributed by atoms with Gasteiger partial charge in [0.25, 0.3) is 0 Å². The van der Waals surface area contributed by atoms with Gasteiger partial charge in [0.15, 0.2) is 0 Å². The number of hydrogen-bond donors (Lipinski definition) is 2. The van der Waals surface area contributed by atoms with Crippen molar-refractivity contribution in [2.75, 3.05) is 5.73 Å². The quantitative estimate of drug-likeness (QED) is 0.762. The first kappa shape index (κ1) is 17.1. The first-order valence-corrected chi connectivity index (χ1v) is 9.56. The summed E-state index contributed by atoms with van der Waals surface area (Å²) in [5, 5.41) is 0.305. The summed E-state index contributed by atoms with van der Waals surface area (Å²) >= 11 is 9.17. The molecule has 0 spiro atoms. The van der Waals surface area contributed by atoms with Crippen LogP contribution in [0.2, 0.25) is 5.02 Å². The molecule has 21 heavy (non-hydrogen) atoms. The summed E-state index contributed by atoms with van der Waals surface area (Å²) < 4.78 is 28.5. The van der Waals surface area contributed by atoms with Gasteiger partial charge in [-0.15, -0.1) is 0 Å². The summed E-state index contributed by atoms with van der Waals surface area (Å²) in [6.45, 7) is 4.20. The smallest absolute Gasteiger partial charge is 0.242 e. The second kappa shape index (κ2) is 6.07. The van der Waals surface area contributed by atoms with Crippen LogP contribution < -0.4 is 10.5 Å². The molecule has 4 nitrogen and oxygen atoms in total. The molecule has 1 aromatic carbocycles. The lowest BCUT2D eigenvalue weighted by molar-refractivity contribution is 0.188. The van der Waals surface area contributed by atoms with E-state index in [2.05, 4.69) is 34.5 Å². The number of hydrogen-bond acceptors (Lipinski definition) is 3. The van der Waals surface area contributed by atoms with E-state index in [0.717, 1.165) is 25.7 Å². The first-order chi connectivity index (χ1) is 9.63. The minimum Gasteiger partial charge on any atom is -0.398 e. The minimum absolute atomic E-state index is 0.0537. The zero-order chi connectivity index (χ0) is 15.8. The molecule has 7 heteroatoms. The van der Waals surface area contributed by atoms with Crippen LogP contribution in [0.15, 0.2) is 21.5 Å². The number of nitrogen functional groups attached to an aromatic ring is 1. The predicted octanol–water partition coefficient (Wildman–Crippen LogP) is 3.93. The molecule has 1 fully saturated rings. The highest BCUT2D eigenvalue weighted by atomic mass is 79.9.